The summed E-state index contributed by atoms with van der Waals surface area (Å²) in [7, 11) is 0. The SMILES string of the molecule is Cc1cccc(N2c3cc4cc(C(C)(C)C)ccc4cc3B3c4cc5ccc(C(C)(C)C)cc5cc4N(c4cccc(C)c4)c4cc(SC(F)(F)F)cc2c43)c1. The Bertz CT molecular complexity index is 2560. The van der Waals surface area contributed by atoms with Gasteiger partial charge in [-0.3, -0.25) is 0 Å². The van der Waals surface area contributed by atoms with Crippen LogP contribution < -0.4 is 26.2 Å². The Balaban J connectivity index is 1.43. The number of alkyl halides is 3. The molecule has 0 amide bonds. The van der Waals surface area contributed by atoms with E-state index < -0.39 is 5.51 Å². The first-order valence-corrected chi connectivity index (χ1v) is 20.1. The number of aryl methyl sites for hydroxylation is 2. The standard InChI is InChI=1S/C49H44BF3N2S/c1-29-11-9-13-37(19-29)54-42-25-33-21-35(47(3,4)5)17-15-31(33)23-40(42)50-41-24-32-16-18-36(48(6,7)8)22-34(32)26-43(41)55(38-14-10-12-30(2)20-38)45-28-39(56-49(51,52)53)27-44(54)46(45)50/h9-28H,1-8H3. The third kappa shape index (κ3) is 6.25. The van der Waals surface area contributed by atoms with Gasteiger partial charge in [-0.15, -0.1) is 0 Å². The van der Waals surface area contributed by atoms with Crippen molar-refractivity contribution in [3.05, 3.63) is 144 Å². The van der Waals surface area contributed by atoms with E-state index in [1.807, 2.05) is 12.1 Å². The molecule has 2 aliphatic heterocycles. The van der Waals surface area contributed by atoms with Crippen LogP contribution in [-0.2, 0) is 10.8 Å². The predicted octanol–water partition coefficient (Wildman–Crippen LogP) is 12.9. The van der Waals surface area contributed by atoms with Gasteiger partial charge in [0.15, 0.2) is 0 Å². The van der Waals surface area contributed by atoms with Crippen molar-refractivity contribution >= 4 is 90.5 Å². The Hall–Kier alpha value is -5.14. The van der Waals surface area contributed by atoms with Crippen molar-refractivity contribution in [1.82, 2.24) is 0 Å². The van der Waals surface area contributed by atoms with Crippen LogP contribution in [0.4, 0.5) is 47.3 Å². The van der Waals surface area contributed by atoms with Gasteiger partial charge in [0.1, 0.15) is 0 Å². The highest BCUT2D eigenvalue weighted by Gasteiger charge is 2.45. The van der Waals surface area contributed by atoms with Crippen molar-refractivity contribution < 1.29 is 13.2 Å². The summed E-state index contributed by atoms with van der Waals surface area (Å²) >= 11 is -0.0471. The molecule has 7 heteroatoms. The minimum absolute atomic E-state index is 0.0471. The van der Waals surface area contributed by atoms with Crippen LogP contribution in [0.1, 0.15) is 63.8 Å². The van der Waals surface area contributed by atoms with Gasteiger partial charge >= 0.3 is 5.51 Å². The lowest BCUT2D eigenvalue weighted by molar-refractivity contribution is -0.0328. The normalized spacial score (nSPS) is 13.9. The molecule has 280 valence electrons. The first-order valence-electron chi connectivity index (χ1n) is 19.3. The molecule has 0 bridgehead atoms. The molecule has 0 fully saturated rings. The van der Waals surface area contributed by atoms with Crippen LogP contribution in [0.2, 0.25) is 0 Å². The number of hydrogen-bond acceptors (Lipinski definition) is 3. The van der Waals surface area contributed by atoms with Crippen LogP contribution in [0.25, 0.3) is 21.5 Å². The molecule has 0 spiro atoms. The van der Waals surface area contributed by atoms with Crippen molar-refractivity contribution in [2.45, 2.75) is 76.6 Å². The molecule has 2 nitrogen and oxygen atoms in total. The molecule has 56 heavy (non-hydrogen) atoms. The van der Waals surface area contributed by atoms with Crippen LogP contribution in [0, 0.1) is 13.8 Å². The minimum atomic E-state index is -4.47. The Morgan fingerprint density at radius 2 is 0.929 bits per heavy atom. The molecule has 7 aromatic carbocycles. The van der Waals surface area contributed by atoms with Gasteiger partial charge < -0.3 is 9.80 Å². The Morgan fingerprint density at radius 3 is 1.32 bits per heavy atom. The van der Waals surface area contributed by atoms with Gasteiger partial charge in [-0.05, 0) is 145 Å². The van der Waals surface area contributed by atoms with Crippen LogP contribution in [0.5, 0.6) is 0 Å². The molecule has 0 aliphatic carbocycles. The summed E-state index contributed by atoms with van der Waals surface area (Å²) in [5.41, 5.74) is 8.57. The summed E-state index contributed by atoms with van der Waals surface area (Å²) < 4.78 is 43.4. The lowest BCUT2D eigenvalue weighted by atomic mass is 9.33. The number of fused-ring (bicyclic) bond motifs is 6. The van der Waals surface area contributed by atoms with E-state index in [9.17, 15) is 13.2 Å². The first-order chi connectivity index (χ1) is 26.4. The van der Waals surface area contributed by atoms with E-state index in [1.165, 1.54) is 11.1 Å². The number of thioether (sulfide) groups is 1. The fourth-order valence-corrected chi connectivity index (χ4v) is 9.28. The van der Waals surface area contributed by atoms with E-state index in [4.69, 9.17) is 0 Å². The number of halogens is 3. The second-order valence-electron chi connectivity index (χ2n) is 17.7. The monoisotopic (exact) mass is 760 g/mol. The van der Waals surface area contributed by atoms with Crippen molar-refractivity contribution in [3.8, 4) is 0 Å². The van der Waals surface area contributed by atoms with Gasteiger partial charge in [0, 0.05) is 39.0 Å². The quantitative estimate of drug-likeness (QED) is 0.131. The fourth-order valence-electron chi connectivity index (χ4n) is 8.67. The van der Waals surface area contributed by atoms with E-state index in [2.05, 4.69) is 162 Å². The maximum Gasteiger partial charge on any atom is 0.446 e. The third-order valence-corrected chi connectivity index (χ3v) is 12.1. The van der Waals surface area contributed by atoms with Gasteiger partial charge in [-0.25, -0.2) is 0 Å². The zero-order chi connectivity index (χ0) is 39.5. The molecular weight excluding hydrogens is 716 g/mol. The maximum atomic E-state index is 14.5. The third-order valence-electron chi connectivity index (χ3n) is 11.4. The Kier molecular flexibility index (Phi) is 8.27. The average Bonchev–Trinajstić information content (AvgIpc) is 3.11. The van der Waals surface area contributed by atoms with Gasteiger partial charge in [-0.2, -0.15) is 13.2 Å². The number of rotatable bonds is 3. The molecule has 0 unspecified atom stereocenters. The molecule has 0 saturated carbocycles. The number of anilines is 6. The number of benzene rings is 7. The Labute approximate surface area is 332 Å². The maximum absolute atomic E-state index is 14.5. The topological polar surface area (TPSA) is 6.48 Å². The van der Waals surface area contributed by atoms with Gasteiger partial charge in [0.2, 0.25) is 0 Å². The second-order valence-corrected chi connectivity index (χ2v) is 18.8. The summed E-state index contributed by atoms with van der Waals surface area (Å²) in [6.07, 6.45) is 0. The van der Waals surface area contributed by atoms with E-state index in [0.29, 0.717) is 0 Å². The highest BCUT2D eigenvalue weighted by Crippen LogP contribution is 2.49. The largest absolute Gasteiger partial charge is 0.446 e. The van der Waals surface area contributed by atoms with Crippen LogP contribution in [0.15, 0.2) is 126 Å². The summed E-state index contributed by atoms with van der Waals surface area (Å²) in [4.78, 5) is 4.56. The van der Waals surface area contributed by atoms with Gasteiger partial charge in [-0.1, -0.05) is 114 Å². The second kappa shape index (κ2) is 12.7. The van der Waals surface area contributed by atoms with Crippen molar-refractivity contribution in [1.29, 1.82) is 0 Å². The molecule has 0 atom stereocenters. The molecule has 2 aliphatic rings. The predicted molar refractivity (Wildman–Crippen MR) is 234 cm³/mol. The van der Waals surface area contributed by atoms with Gasteiger partial charge in [0.25, 0.3) is 6.71 Å². The van der Waals surface area contributed by atoms with Crippen molar-refractivity contribution in [2.24, 2.45) is 0 Å². The molecule has 0 radical (unpaired) electrons. The zero-order valence-corrected chi connectivity index (χ0v) is 33.9. The van der Waals surface area contributed by atoms with Crippen LogP contribution in [0.3, 0.4) is 0 Å². The average molecular weight is 761 g/mol. The fraction of sp³-hybridized carbons (Fsp3) is 0.224. The summed E-state index contributed by atoms with van der Waals surface area (Å²) in [5.74, 6) is 0. The highest BCUT2D eigenvalue weighted by molar-refractivity contribution is 8.00. The van der Waals surface area contributed by atoms with E-state index >= 15 is 0 Å². The smallest absolute Gasteiger partial charge is 0.311 e. The summed E-state index contributed by atoms with van der Waals surface area (Å²) in [6.45, 7) is 17.2. The molecule has 7 aromatic rings. The summed E-state index contributed by atoms with van der Waals surface area (Å²) in [5, 5.41) is 4.47. The van der Waals surface area contributed by atoms with Crippen molar-refractivity contribution in [3.63, 3.8) is 0 Å². The summed E-state index contributed by atoms with van der Waals surface area (Å²) in [6, 6.07) is 42.7. The van der Waals surface area contributed by atoms with E-state index in [0.717, 1.165) is 83.2 Å². The molecule has 2 heterocycles. The lowest BCUT2D eigenvalue weighted by Crippen LogP contribution is -2.61. The molecule has 0 saturated heterocycles. The Morgan fingerprint density at radius 1 is 0.482 bits per heavy atom. The highest BCUT2D eigenvalue weighted by atomic mass is 32.2. The first kappa shape index (κ1) is 36.5. The number of nitrogens with zero attached hydrogens (tertiary/aromatic N) is 2. The minimum Gasteiger partial charge on any atom is -0.311 e. The molecule has 0 N–H and O–H groups in total. The zero-order valence-electron chi connectivity index (χ0n) is 33.1. The van der Waals surface area contributed by atoms with E-state index in [1.54, 1.807) is 12.1 Å². The molecule has 0 aromatic heterocycles. The van der Waals surface area contributed by atoms with Crippen LogP contribution in [-0.4, -0.2) is 12.2 Å². The van der Waals surface area contributed by atoms with Gasteiger partial charge in [0.05, 0.1) is 0 Å². The number of hydrogen-bond donors (Lipinski definition) is 0. The van der Waals surface area contributed by atoms with E-state index in [-0.39, 0.29) is 34.2 Å². The van der Waals surface area contributed by atoms with Crippen molar-refractivity contribution in [2.75, 3.05) is 9.80 Å². The molecular formula is C49H44BF3N2S. The van der Waals surface area contributed by atoms with Crippen LogP contribution >= 0.6 is 11.8 Å². The molecule has 9 rings (SSSR count). The lowest BCUT2D eigenvalue weighted by Gasteiger charge is -2.44.